The molecule has 0 aromatic carbocycles. The van der Waals surface area contributed by atoms with Crippen molar-refractivity contribution in [3.8, 4) is 0 Å². The smallest absolute Gasteiger partial charge is 0.0797 e. The number of hydrogen-bond donors (Lipinski definition) is 0. The van der Waals surface area contributed by atoms with Gasteiger partial charge in [-0.25, -0.2) is 4.98 Å². The summed E-state index contributed by atoms with van der Waals surface area (Å²) in [5.74, 6) is 1.57. The molecule has 0 fully saturated rings. The van der Waals surface area contributed by atoms with Crippen LogP contribution in [0.5, 0.6) is 0 Å². The van der Waals surface area contributed by atoms with Crippen LogP contribution in [0.1, 0.15) is 79.4 Å². The maximum atomic E-state index is 4.67. The molecule has 0 saturated carbocycles. The van der Waals surface area contributed by atoms with Crippen LogP contribution in [0.25, 0.3) is 0 Å². The lowest BCUT2D eigenvalue weighted by Crippen LogP contribution is -2.09. The molecule has 140 valence electrons. The van der Waals surface area contributed by atoms with Gasteiger partial charge in [0.25, 0.3) is 0 Å². The Morgan fingerprint density at radius 3 is 2.62 bits per heavy atom. The van der Waals surface area contributed by atoms with Gasteiger partial charge in [-0.3, -0.25) is 9.67 Å². The summed E-state index contributed by atoms with van der Waals surface area (Å²) in [7, 11) is 0. The molecule has 3 rings (SSSR count). The highest BCUT2D eigenvalue weighted by molar-refractivity contribution is 7.10. The van der Waals surface area contributed by atoms with E-state index in [4.69, 9.17) is 0 Å². The first-order valence-corrected chi connectivity index (χ1v) is 11.1. The fourth-order valence-electron chi connectivity index (χ4n) is 3.30. The third-order valence-corrected chi connectivity index (χ3v) is 7.10. The number of aryl methyl sites for hydroxylation is 2. The van der Waals surface area contributed by atoms with Crippen LogP contribution in [0.15, 0.2) is 29.5 Å². The second kappa shape index (κ2) is 8.91. The molecule has 0 saturated heterocycles. The first-order valence-electron chi connectivity index (χ1n) is 9.38. The van der Waals surface area contributed by atoms with Crippen LogP contribution in [0.2, 0.25) is 0 Å². The molecule has 26 heavy (non-hydrogen) atoms. The molecule has 0 bridgehead atoms. The van der Waals surface area contributed by atoms with Crippen LogP contribution >= 0.6 is 22.7 Å². The summed E-state index contributed by atoms with van der Waals surface area (Å²) >= 11 is 3.55. The van der Waals surface area contributed by atoms with Crippen LogP contribution in [-0.4, -0.2) is 19.7 Å². The van der Waals surface area contributed by atoms with Crippen molar-refractivity contribution in [2.45, 2.75) is 71.3 Å². The van der Waals surface area contributed by atoms with Crippen molar-refractivity contribution in [1.82, 2.24) is 19.7 Å². The summed E-state index contributed by atoms with van der Waals surface area (Å²) < 4.78 is 2.16. The second-order valence-electron chi connectivity index (χ2n) is 7.33. The average molecular weight is 389 g/mol. The maximum absolute atomic E-state index is 4.67. The van der Waals surface area contributed by atoms with Crippen molar-refractivity contribution in [2.75, 3.05) is 0 Å². The molecule has 3 aromatic heterocycles. The summed E-state index contributed by atoms with van der Waals surface area (Å²) in [6.45, 7) is 10.0. The van der Waals surface area contributed by atoms with Crippen molar-refractivity contribution in [1.29, 1.82) is 0 Å². The Balaban J connectivity index is 1.57. The zero-order chi connectivity index (χ0) is 18.5. The zero-order valence-electron chi connectivity index (χ0n) is 16.1. The minimum Gasteiger partial charge on any atom is -0.269 e. The molecule has 3 aromatic rings. The van der Waals surface area contributed by atoms with E-state index in [1.165, 1.54) is 21.1 Å². The Morgan fingerprint density at radius 1 is 1.04 bits per heavy atom. The lowest BCUT2D eigenvalue weighted by Gasteiger charge is -2.15. The standard InChI is InChI=1S/C20H28N4S2/c1-14(2)18-7-9-23-24(18)10-8-16(4)20-17(22-13-26-20)6-5-15(3)19-11-21-12-25-19/h7,9,11-16H,5-6,8,10H2,1-4H3. The monoisotopic (exact) mass is 388 g/mol. The summed E-state index contributed by atoms with van der Waals surface area (Å²) in [6.07, 6.45) is 7.18. The summed E-state index contributed by atoms with van der Waals surface area (Å²) in [5, 5.41) is 4.50. The molecule has 4 nitrogen and oxygen atoms in total. The molecule has 0 N–H and O–H groups in total. The highest BCUT2D eigenvalue weighted by atomic mass is 32.1. The fraction of sp³-hybridized carbons (Fsp3) is 0.550. The van der Waals surface area contributed by atoms with Crippen molar-refractivity contribution in [3.63, 3.8) is 0 Å². The zero-order valence-corrected chi connectivity index (χ0v) is 17.7. The Bertz CT molecular complexity index is 788. The lowest BCUT2D eigenvalue weighted by molar-refractivity contribution is 0.507. The van der Waals surface area contributed by atoms with E-state index in [2.05, 4.69) is 53.5 Å². The number of thiazole rings is 2. The fourth-order valence-corrected chi connectivity index (χ4v) is 4.95. The Morgan fingerprint density at radius 2 is 1.88 bits per heavy atom. The molecule has 6 heteroatoms. The van der Waals surface area contributed by atoms with Gasteiger partial charge in [-0.2, -0.15) is 5.10 Å². The van der Waals surface area contributed by atoms with Gasteiger partial charge in [-0.1, -0.05) is 27.7 Å². The lowest BCUT2D eigenvalue weighted by atomic mass is 9.98. The van der Waals surface area contributed by atoms with E-state index in [0.717, 1.165) is 25.8 Å². The van der Waals surface area contributed by atoms with Crippen molar-refractivity contribution in [3.05, 3.63) is 50.6 Å². The first-order chi connectivity index (χ1) is 12.6. The Labute approximate surface area is 164 Å². The molecule has 2 atom stereocenters. The van der Waals surface area contributed by atoms with E-state index in [1.807, 2.05) is 23.4 Å². The van der Waals surface area contributed by atoms with Gasteiger partial charge in [0.2, 0.25) is 0 Å². The van der Waals surface area contributed by atoms with Crippen LogP contribution in [-0.2, 0) is 13.0 Å². The van der Waals surface area contributed by atoms with E-state index in [0.29, 0.717) is 17.8 Å². The molecule has 0 radical (unpaired) electrons. The largest absolute Gasteiger partial charge is 0.269 e. The molecule has 0 spiro atoms. The van der Waals surface area contributed by atoms with E-state index in [9.17, 15) is 0 Å². The van der Waals surface area contributed by atoms with Crippen molar-refractivity contribution >= 4 is 22.7 Å². The third-order valence-electron chi connectivity index (χ3n) is 4.99. The van der Waals surface area contributed by atoms with Gasteiger partial charge in [0, 0.05) is 34.4 Å². The number of nitrogens with zero attached hydrogens (tertiary/aromatic N) is 4. The number of aromatic nitrogens is 4. The molecule has 0 aliphatic heterocycles. The summed E-state index contributed by atoms with van der Waals surface area (Å²) in [4.78, 5) is 11.7. The topological polar surface area (TPSA) is 43.6 Å². The Kier molecular flexibility index (Phi) is 6.59. The first kappa shape index (κ1) is 19.2. The third kappa shape index (κ3) is 4.60. The highest BCUT2D eigenvalue weighted by Gasteiger charge is 2.17. The van der Waals surface area contributed by atoms with E-state index >= 15 is 0 Å². The summed E-state index contributed by atoms with van der Waals surface area (Å²) in [5.41, 5.74) is 6.53. The molecule has 2 unspecified atom stereocenters. The minimum absolute atomic E-state index is 0.514. The maximum Gasteiger partial charge on any atom is 0.0797 e. The highest BCUT2D eigenvalue weighted by Crippen LogP contribution is 2.30. The van der Waals surface area contributed by atoms with E-state index in [-0.39, 0.29) is 0 Å². The predicted molar refractivity (Wildman–Crippen MR) is 110 cm³/mol. The predicted octanol–water partition coefficient (Wildman–Crippen LogP) is 5.85. The molecule has 3 heterocycles. The van der Waals surface area contributed by atoms with E-state index < -0.39 is 0 Å². The molecule has 0 amide bonds. The van der Waals surface area contributed by atoms with Crippen LogP contribution in [0.4, 0.5) is 0 Å². The van der Waals surface area contributed by atoms with E-state index in [1.54, 1.807) is 22.7 Å². The van der Waals surface area contributed by atoms with Crippen molar-refractivity contribution in [2.24, 2.45) is 0 Å². The van der Waals surface area contributed by atoms with Crippen LogP contribution < -0.4 is 0 Å². The average Bonchev–Trinajstić information content (AvgIpc) is 3.38. The SMILES string of the molecule is CC(C)c1ccnn1CCC(C)c1scnc1CCC(C)c1cncs1. The van der Waals surface area contributed by atoms with Gasteiger partial charge in [-0.05, 0) is 43.1 Å². The minimum atomic E-state index is 0.514. The van der Waals surface area contributed by atoms with Gasteiger partial charge in [-0.15, -0.1) is 22.7 Å². The van der Waals surface area contributed by atoms with Crippen molar-refractivity contribution < 1.29 is 0 Å². The second-order valence-corrected chi connectivity index (χ2v) is 9.13. The number of hydrogen-bond acceptors (Lipinski definition) is 5. The normalized spacial score (nSPS) is 14.0. The Hall–Kier alpha value is -1.53. The molecular weight excluding hydrogens is 360 g/mol. The van der Waals surface area contributed by atoms with Gasteiger partial charge >= 0.3 is 0 Å². The number of rotatable bonds is 9. The molecule has 0 aliphatic rings. The molecule has 0 aliphatic carbocycles. The quantitative estimate of drug-likeness (QED) is 0.462. The van der Waals surface area contributed by atoms with Gasteiger partial charge in [0.15, 0.2) is 0 Å². The van der Waals surface area contributed by atoms with Gasteiger partial charge in [0.1, 0.15) is 0 Å². The van der Waals surface area contributed by atoms with Crippen LogP contribution in [0.3, 0.4) is 0 Å². The van der Waals surface area contributed by atoms with Gasteiger partial charge < -0.3 is 0 Å². The molecular formula is C20H28N4S2. The van der Waals surface area contributed by atoms with Gasteiger partial charge in [0.05, 0.1) is 16.7 Å². The summed E-state index contributed by atoms with van der Waals surface area (Å²) in [6, 6.07) is 2.13. The van der Waals surface area contributed by atoms with Crippen LogP contribution in [0, 0.1) is 0 Å².